The maximum Gasteiger partial charge on any atom is 0.119 e. The van der Waals surface area contributed by atoms with Crippen LogP contribution in [0.2, 0.25) is 0 Å². The van der Waals surface area contributed by atoms with Crippen molar-refractivity contribution in [2.24, 2.45) is 23.2 Å². The molecule has 1 aromatic carbocycles. The molecule has 3 aliphatic carbocycles. The highest BCUT2D eigenvalue weighted by Gasteiger charge is 2.56. The number of benzene rings is 1. The summed E-state index contributed by atoms with van der Waals surface area (Å²) >= 11 is 0. The van der Waals surface area contributed by atoms with Crippen LogP contribution < -0.4 is 0 Å². The lowest BCUT2D eigenvalue weighted by atomic mass is 9.43. The van der Waals surface area contributed by atoms with Gasteiger partial charge in [-0.3, -0.25) is 0 Å². The summed E-state index contributed by atoms with van der Waals surface area (Å²) in [7, 11) is 0. The van der Waals surface area contributed by atoms with Crippen molar-refractivity contribution in [2.75, 3.05) is 0 Å². The molecular formula is C16H22O2. The first kappa shape index (κ1) is 11.9. The quantitative estimate of drug-likeness (QED) is 0.738. The molecule has 98 valence electrons. The van der Waals surface area contributed by atoms with E-state index in [1.54, 1.807) is 18.2 Å². The molecule has 0 heterocycles. The number of aromatic hydroxyl groups is 2. The van der Waals surface area contributed by atoms with E-state index in [4.69, 9.17) is 0 Å². The summed E-state index contributed by atoms with van der Waals surface area (Å²) in [5.41, 5.74) is 1.40. The van der Waals surface area contributed by atoms with E-state index in [1.165, 1.54) is 6.42 Å². The molecule has 2 nitrogen and oxygen atoms in total. The average Bonchev–Trinajstić information content (AvgIpc) is 2.32. The maximum atomic E-state index is 10.0. The van der Waals surface area contributed by atoms with Gasteiger partial charge in [-0.05, 0) is 60.1 Å². The molecule has 2 bridgehead atoms. The zero-order valence-electron chi connectivity index (χ0n) is 11.4. The van der Waals surface area contributed by atoms with E-state index in [2.05, 4.69) is 20.8 Å². The van der Waals surface area contributed by atoms with Crippen LogP contribution in [-0.2, 0) is 0 Å². The van der Waals surface area contributed by atoms with Crippen molar-refractivity contribution in [1.29, 1.82) is 0 Å². The van der Waals surface area contributed by atoms with E-state index in [0.717, 1.165) is 23.8 Å². The van der Waals surface area contributed by atoms with Crippen molar-refractivity contribution in [3.8, 4) is 11.5 Å². The highest BCUT2D eigenvalue weighted by Crippen LogP contribution is 2.65. The molecule has 0 radical (unpaired) electrons. The number of phenolic OH excluding ortho intramolecular Hbond substituents is 2. The minimum Gasteiger partial charge on any atom is -0.508 e. The number of fused-ring (bicyclic) bond motifs is 2. The third-order valence-electron chi connectivity index (χ3n) is 5.76. The first-order valence-electron chi connectivity index (χ1n) is 6.93. The second-order valence-corrected chi connectivity index (χ2v) is 6.80. The van der Waals surface area contributed by atoms with E-state index in [0.29, 0.717) is 23.0 Å². The lowest BCUT2D eigenvalue weighted by molar-refractivity contribution is -0.111. The summed E-state index contributed by atoms with van der Waals surface area (Å²) in [6, 6.07) is 4.91. The van der Waals surface area contributed by atoms with Crippen LogP contribution in [0.25, 0.3) is 0 Å². The molecule has 4 rings (SSSR count). The van der Waals surface area contributed by atoms with Crippen LogP contribution in [0.5, 0.6) is 11.5 Å². The summed E-state index contributed by atoms with van der Waals surface area (Å²) in [5.74, 6) is 3.09. The molecular weight excluding hydrogens is 224 g/mol. The van der Waals surface area contributed by atoms with Gasteiger partial charge in [-0.1, -0.05) is 20.8 Å². The Morgan fingerprint density at radius 3 is 2.50 bits per heavy atom. The van der Waals surface area contributed by atoms with Crippen molar-refractivity contribution >= 4 is 0 Å². The van der Waals surface area contributed by atoms with Gasteiger partial charge in [0.2, 0.25) is 0 Å². The molecule has 0 aromatic heterocycles. The lowest BCUT2D eigenvalue weighted by Crippen LogP contribution is -2.54. The summed E-state index contributed by atoms with van der Waals surface area (Å²) in [6.07, 6.45) is 2.48. The van der Waals surface area contributed by atoms with Gasteiger partial charge in [0.1, 0.15) is 11.5 Å². The smallest absolute Gasteiger partial charge is 0.119 e. The van der Waals surface area contributed by atoms with E-state index in [1.807, 2.05) is 0 Å². The summed E-state index contributed by atoms with van der Waals surface area (Å²) in [6.45, 7) is 7.05. The minimum atomic E-state index is 0.258. The highest BCUT2D eigenvalue weighted by molar-refractivity contribution is 5.42. The molecule has 3 saturated carbocycles. The fourth-order valence-corrected chi connectivity index (χ4v) is 4.40. The normalized spacial score (nSPS) is 37.1. The Hall–Kier alpha value is -1.18. The zero-order valence-corrected chi connectivity index (χ0v) is 11.4. The first-order chi connectivity index (χ1) is 8.41. The van der Waals surface area contributed by atoms with Crippen LogP contribution in [0.3, 0.4) is 0 Å². The van der Waals surface area contributed by atoms with Crippen molar-refractivity contribution in [3.63, 3.8) is 0 Å². The molecule has 0 aliphatic heterocycles. The van der Waals surface area contributed by atoms with E-state index < -0.39 is 0 Å². The molecule has 2 N–H and O–H groups in total. The van der Waals surface area contributed by atoms with Crippen molar-refractivity contribution in [3.05, 3.63) is 23.8 Å². The Labute approximate surface area is 109 Å². The Kier molecular flexibility index (Phi) is 2.42. The number of hydrogen-bond acceptors (Lipinski definition) is 2. The Balaban J connectivity index is 1.93. The van der Waals surface area contributed by atoms with Crippen molar-refractivity contribution < 1.29 is 10.2 Å². The number of hydrogen-bond donors (Lipinski definition) is 2. The third-order valence-corrected chi connectivity index (χ3v) is 5.76. The highest BCUT2D eigenvalue weighted by atomic mass is 16.3. The minimum absolute atomic E-state index is 0.258. The fourth-order valence-electron chi connectivity index (χ4n) is 4.40. The number of rotatable bonds is 1. The maximum absolute atomic E-state index is 10.0. The Bertz CT molecular complexity index is 478. The summed E-state index contributed by atoms with van der Waals surface area (Å²) < 4.78 is 0. The average molecular weight is 246 g/mol. The Morgan fingerprint density at radius 2 is 1.89 bits per heavy atom. The summed E-state index contributed by atoms with van der Waals surface area (Å²) in [5, 5.41) is 19.6. The van der Waals surface area contributed by atoms with Gasteiger partial charge in [-0.2, -0.15) is 0 Å². The largest absolute Gasteiger partial charge is 0.508 e. The first-order valence-corrected chi connectivity index (χ1v) is 6.93. The predicted molar refractivity (Wildman–Crippen MR) is 71.7 cm³/mol. The fraction of sp³-hybridized carbons (Fsp3) is 0.625. The van der Waals surface area contributed by atoms with E-state index >= 15 is 0 Å². The van der Waals surface area contributed by atoms with Crippen LogP contribution in [0.4, 0.5) is 0 Å². The predicted octanol–water partition coefficient (Wildman–Crippen LogP) is 3.88. The van der Waals surface area contributed by atoms with Gasteiger partial charge < -0.3 is 10.2 Å². The van der Waals surface area contributed by atoms with Gasteiger partial charge in [0.15, 0.2) is 0 Å². The van der Waals surface area contributed by atoms with Gasteiger partial charge in [0.25, 0.3) is 0 Å². The van der Waals surface area contributed by atoms with Gasteiger partial charge in [0.05, 0.1) is 0 Å². The topological polar surface area (TPSA) is 40.5 Å². The second-order valence-electron chi connectivity index (χ2n) is 6.80. The van der Waals surface area contributed by atoms with Crippen molar-refractivity contribution in [2.45, 2.75) is 39.5 Å². The standard InChI is InChI=1S/C16H22O2/c1-9-12(6-10-7-14(9)16(10,2)3)13-8-11(17)4-5-15(13)18/h4-5,8-10,12,14,17-18H,6-7H2,1-3H3/t9-,10-,12+,14-/m0/s1. The van der Waals surface area contributed by atoms with Gasteiger partial charge in [-0.15, -0.1) is 0 Å². The SMILES string of the molecule is C[C@H]1[C@H](c2cc(O)ccc2O)C[C@H]2C[C@@H]1C2(C)C. The molecule has 0 unspecified atom stereocenters. The van der Waals surface area contributed by atoms with Crippen molar-refractivity contribution in [1.82, 2.24) is 0 Å². The van der Waals surface area contributed by atoms with E-state index in [9.17, 15) is 10.2 Å². The lowest BCUT2D eigenvalue weighted by Gasteiger charge is -2.62. The molecule has 3 aliphatic rings. The van der Waals surface area contributed by atoms with Crippen LogP contribution >= 0.6 is 0 Å². The van der Waals surface area contributed by atoms with E-state index in [-0.39, 0.29) is 5.75 Å². The molecule has 18 heavy (non-hydrogen) atoms. The third kappa shape index (κ3) is 1.47. The number of phenols is 2. The molecule has 0 saturated heterocycles. The monoisotopic (exact) mass is 246 g/mol. The molecule has 3 fully saturated rings. The molecule has 1 aromatic rings. The van der Waals surface area contributed by atoms with Gasteiger partial charge >= 0.3 is 0 Å². The summed E-state index contributed by atoms with van der Waals surface area (Å²) in [4.78, 5) is 0. The van der Waals surface area contributed by atoms with Gasteiger partial charge in [0, 0.05) is 5.56 Å². The van der Waals surface area contributed by atoms with Crippen LogP contribution in [0, 0.1) is 23.2 Å². The molecule has 0 spiro atoms. The zero-order chi connectivity index (χ0) is 13.1. The molecule has 2 heteroatoms. The Morgan fingerprint density at radius 1 is 1.17 bits per heavy atom. The molecule has 4 atom stereocenters. The molecule has 0 amide bonds. The van der Waals surface area contributed by atoms with Crippen LogP contribution in [0.15, 0.2) is 18.2 Å². The van der Waals surface area contributed by atoms with Crippen LogP contribution in [-0.4, -0.2) is 10.2 Å². The van der Waals surface area contributed by atoms with Crippen LogP contribution in [0.1, 0.15) is 45.1 Å². The van der Waals surface area contributed by atoms with Gasteiger partial charge in [-0.25, -0.2) is 0 Å². The second kappa shape index (κ2) is 3.66.